The highest BCUT2D eigenvalue weighted by molar-refractivity contribution is 5.95. The topological polar surface area (TPSA) is 93.0 Å². The van der Waals surface area contributed by atoms with Gasteiger partial charge in [-0.2, -0.15) is 5.10 Å². The maximum Gasteiger partial charge on any atom is 0.254 e. The Labute approximate surface area is 187 Å². The van der Waals surface area contributed by atoms with Crippen molar-refractivity contribution < 1.29 is 9.59 Å². The summed E-state index contributed by atoms with van der Waals surface area (Å²) in [6.45, 7) is 3.55. The van der Waals surface area contributed by atoms with Gasteiger partial charge >= 0.3 is 0 Å². The van der Waals surface area contributed by atoms with Crippen molar-refractivity contribution in [1.29, 1.82) is 0 Å². The molecule has 0 radical (unpaired) electrons. The average molecular weight is 433 g/mol. The van der Waals surface area contributed by atoms with Crippen molar-refractivity contribution in [3.8, 4) is 0 Å². The Morgan fingerprint density at radius 3 is 2.53 bits per heavy atom. The van der Waals surface area contributed by atoms with Gasteiger partial charge in [0.1, 0.15) is 5.82 Å². The van der Waals surface area contributed by atoms with E-state index in [4.69, 9.17) is 0 Å². The second-order valence-corrected chi connectivity index (χ2v) is 8.24. The lowest BCUT2D eigenvalue weighted by Crippen LogP contribution is -2.39. The van der Waals surface area contributed by atoms with Crippen molar-refractivity contribution in [2.24, 2.45) is 7.05 Å². The number of piperidine rings is 1. The molecule has 166 valence electrons. The largest absolute Gasteiger partial charge is 0.348 e. The van der Waals surface area contributed by atoms with Crippen molar-refractivity contribution in [3.63, 3.8) is 0 Å². The zero-order valence-electron chi connectivity index (χ0n) is 18.5. The van der Waals surface area contributed by atoms with Crippen LogP contribution in [0.5, 0.6) is 0 Å². The Balaban J connectivity index is 1.40. The molecule has 1 N–H and O–H groups in total. The van der Waals surface area contributed by atoms with Crippen LogP contribution < -0.4 is 5.32 Å². The number of likely N-dealkylation sites (tertiary alicyclic amines) is 1. The van der Waals surface area contributed by atoms with Gasteiger partial charge in [0.15, 0.2) is 0 Å². The van der Waals surface area contributed by atoms with Gasteiger partial charge in [0.25, 0.3) is 5.91 Å². The molecule has 1 aliphatic rings. The lowest BCUT2D eigenvalue weighted by atomic mass is 9.90. The molecule has 0 aliphatic carbocycles. The highest BCUT2D eigenvalue weighted by atomic mass is 16.2. The first-order chi connectivity index (χ1) is 15.5. The van der Waals surface area contributed by atoms with E-state index in [0.717, 1.165) is 29.7 Å². The van der Waals surface area contributed by atoms with Gasteiger partial charge in [0.05, 0.1) is 23.9 Å². The highest BCUT2D eigenvalue weighted by Crippen LogP contribution is 2.29. The summed E-state index contributed by atoms with van der Waals surface area (Å²) in [5.74, 6) is 0.720. The van der Waals surface area contributed by atoms with Gasteiger partial charge in [-0.05, 0) is 25.3 Å². The normalized spacial score (nSPS) is 14.4. The van der Waals surface area contributed by atoms with E-state index in [9.17, 15) is 9.59 Å². The predicted octanol–water partition coefficient (Wildman–Crippen LogP) is 2.40. The number of nitrogens with one attached hydrogen (secondary N) is 1. The molecule has 1 fully saturated rings. The van der Waals surface area contributed by atoms with E-state index >= 15 is 0 Å². The van der Waals surface area contributed by atoms with Crippen molar-refractivity contribution in [3.05, 3.63) is 77.1 Å². The Morgan fingerprint density at radius 1 is 1.09 bits per heavy atom. The van der Waals surface area contributed by atoms with Crippen LogP contribution in [-0.2, 0) is 24.8 Å². The molecule has 0 spiro atoms. The molecule has 1 saturated heterocycles. The third-order valence-corrected chi connectivity index (χ3v) is 5.83. The number of carbonyl (C=O) groups is 2. The van der Waals surface area contributed by atoms with Crippen molar-refractivity contribution in [2.45, 2.75) is 38.6 Å². The van der Waals surface area contributed by atoms with Crippen LogP contribution in [0.3, 0.4) is 0 Å². The first-order valence-corrected chi connectivity index (χ1v) is 10.9. The summed E-state index contributed by atoms with van der Waals surface area (Å²) in [7, 11) is 1.84. The minimum absolute atomic E-state index is 0.122. The summed E-state index contributed by atoms with van der Waals surface area (Å²) in [6, 6.07) is 9.81. The van der Waals surface area contributed by atoms with E-state index in [1.807, 2.05) is 55.4 Å². The molecule has 0 bridgehead atoms. The fraction of sp³-hybridized carbons (Fsp3) is 0.375. The van der Waals surface area contributed by atoms with Crippen LogP contribution in [0, 0.1) is 6.92 Å². The number of hydrogen-bond donors (Lipinski definition) is 1. The first kappa shape index (κ1) is 21.7. The third kappa shape index (κ3) is 5.19. The van der Waals surface area contributed by atoms with Crippen LogP contribution in [0.4, 0.5) is 0 Å². The van der Waals surface area contributed by atoms with Crippen LogP contribution in [0.15, 0.2) is 48.9 Å². The van der Waals surface area contributed by atoms with Crippen LogP contribution in [0.1, 0.15) is 51.8 Å². The lowest BCUT2D eigenvalue weighted by Gasteiger charge is -2.32. The summed E-state index contributed by atoms with van der Waals surface area (Å²) in [5.41, 5.74) is 3.24. The van der Waals surface area contributed by atoms with Gasteiger partial charge < -0.3 is 10.2 Å². The first-order valence-electron chi connectivity index (χ1n) is 10.9. The Morgan fingerprint density at radius 2 is 1.84 bits per heavy atom. The maximum atomic E-state index is 12.9. The smallest absolute Gasteiger partial charge is 0.254 e. The standard InChI is InChI=1S/C24H28N6O2/c1-17-25-15-21(24(32)26-13-19-14-27-29(2)16-19)23(28-17)20-8-10-30(11-9-20)22(31)12-18-6-4-3-5-7-18/h3-7,14-16,20H,8-13H2,1-2H3,(H,26,32). The zero-order chi connectivity index (χ0) is 22.5. The summed E-state index contributed by atoms with van der Waals surface area (Å²) in [5, 5.41) is 7.07. The third-order valence-electron chi connectivity index (χ3n) is 5.83. The monoisotopic (exact) mass is 432 g/mol. The van der Waals surface area contributed by atoms with E-state index in [1.54, 1.807) is 17.1 Å². The number of carbonyl (C=O) groups excluding carboxylic acids is 2. The molecule has 3 aromatic rings. The van der Waals surface area contributed by atoms with Crippen LogP contribution >= 0.6 is 0 Å². The van der Waals surface area contributed by atoms with Gasteiger partial charge in [-0.15, -0.1) is 0 Å². The SMILES string of the molecule is Cc1ncc(C(=O)NCc2cnn(C)c2)c(C2CCN(C(=O)Cc3ccccc3)CC2)n1. The minimum Gasteiger partial charge on any atom is -0.348 e. The molecule has 32 heavy (non-hydrogen) atoms. The van der Waals surface area contributed by atoms with Gasteiger partial charge in [0, 0.05) is 50.6 Å². The van der Waals surface area contributed by atoms with Gasteiger partial charge in [-0.25, -0.2) is 9.97 Å². The number of benzene rings is 1. The summed E-state index contributed by atoms with van der Waals surface area (Å²) >= 11 is 0. The summed E-state index contributed by atoms with van der Waals surface area (Å²) in [4.78, 5) is 36.4. The molecular weight excluding hydrogens is 404 g/mol. The van der Waals surface area contributed by atoms with Crippen LogP contribution in [0.2, 0.25) is 0 Å². The van der Waals surface area contributed by atoms with Crippen molar-refractivity contribution >= 4 is 11.8 Å². The fourth-order valence-corrected chi connectivity index (χ4v) is 4.10. The molecule has 3 heterocycles. The van der Waals surface area contributed by atoms with E-state index < -0.39 is 0 Å². The molecule has 0 saturated carbocycles. The number of rotatable bonds is 6. The molecule has 8 nitrogen and oxygen atoms in total. The zero-order valence-corrected chi connectivity index (χ0v) is 18.5. The van der Waals surface area contributed by atoms with E-state index in [0.29, 0.717) is 37.4 Å². The van der Waals surface area contributed by atoms with E-state index in [2.05, 4.69) is 20.4 Å². The quantitative estimate of drug-likeness (QED) is 0.646. The molecule has 8 heteroatoms. The molecule has 2 aromatic heterocycles. The van der Waals surface area contributed by atoms with Crippen molar-refractivity contribution in [1.82, 2.24) is 30.0 Å². The highest BCUT2D eigenvalue weighted by Gasteiger charge is 2.28. The fourth-order valence-electron chi connectivity index (χ4n) is 4.10. The molecule has 4 rings (SSSR count). The molecule has 1 aromatic carbocycles. The molecule has 0 atom stereocenters. The molecule has 0 unspecified atom stereocenters. The Kier molecular flexibility index (Phi) is 6.58. The summed E-state index contributed by atoms with van der Waals surface area (Å²) < 4.78 is 1.70. The number of amides is 2. The molecule has 1 aliphatic heterocycles. The minimum atomic E-state index is -0.188. The van der Waals surface area contributed by atoms with Crippen molar-refractivity contribution in [2.75, 3.05) is 13.1 Å². The van der Waals surface area contributed by atoms with E-state index in [-0.39, 0.29) is 17.7 Å². The number of aromatic nitrogens is 4. The molecule has 2 amide bonds. The number of nitrogens with zero attached hydrogens (tertiary/aromatic N) is 5. The maximum absolute atomic E-state index is 12.9. The number of hydrogen-bond acceptors (Lipinski definition) is 5. The summed E-state index contributed by atoms with van der Waals surface area (Å²) in [6.07, 6.45) is 7.19. The average Bonchev–Trinajstić information content (AvgIpc) is 3.23. The number of aryl methyl sites for hydroxylation is 2. The second kappa shape index (κ2) is 9.72. The van der Waals surface area contributed by atoms with Crippen LogP contribution in [0.25, 0.3) is 0 Å². The Hall–Kier alpha value is -3.55. The Bertz CT molecular complexity index is 1090. The van der Waals surface area contributed by atoms with Gasteiger partial charge in [0.2, 0.25) is 5.91 Å². The molecular formula is C24H28N6O2. The second-order valence-electron chi connectivity index (χ2n) is 8.24. The van der Waals surface area contributed by atoms with E-state index in [1.165, 1.54) is 0 Å². The van der Waals surface area contributed by atoms with Gasteiger partial charge in [-0.3, -0.25) is 14.3 Å². The van der Waals surface area contributed by atoms with Gasteiger partial charge in [-0.1, -0.05) is 30.3 Å². The lowest BCUT2D eigenvalue weighted by molar-refractivity contribution is -0.131. The predicted molar refractivity (Wildman–Crippen MR) is 120 cm³/mol. The van der Waals surface area contributed by atoms with Crippen LogP contribution in [-0.4, -0.2) is 49.6 Å².